The number of isocyanates is 1. The lowest BCUT2D eigenvalue weighted by molar-refractivity contribution is -0.141. The standard InChI is InChI=1S/C13H13F2NO3/c1-9(10-5-3-2-4-6-10)13(14,15)7-11(12(18)19)16-8-17/h2-6,9,11H,7H2,1H3,(H,18,19). The van der Waals surface area contributed by atoms with Gasteiger partial charge in [0.2, 0.25) is 6.08 Å². The number of aliphatic carboxylic acids is 1. The first-order chi connectivity index (χ1) is 8.88. The summed E-state index contributed by atoms with van der Waals surface area (Å²) in [6, 6.07) is 6.25. The summed E-state index contributed by atoms with van der Waals surface area (Å²) in [6.07, 6.45) is -0.0228. The van der Waals surface area contributed by atoms with Crippen molar-refractivity contribution in [2.24, 2.45) is 4.99 Å². The van der Waals surface area contributed by atoms with Crippen LogP contribution in [0.15, 0.2) is 35.3 Å². The van der Waals surface area contributed by atoms with Crippen LogP contribution in [0.25, 0.3) is 0 Å². The normalized spacial score (nSPS) is 14.3. The van der Waals surface area contributed by atoms with Crippen molar-refractivity contribution in [1.82, 2.24) is 0 Å². The summed E-state index contributed by atoms with van der Waals surface area (Å²) in [4.78, 5) is 23.7. The Bertz CT molecular complexity index is 482. The zero-order valence-corrected chi connectivity index (χ0v) is 10.2. The Hall–Kier alpha value is -2.07. The SMILES string of the molecule is CC(c1ccccc1)C(F)(F)CC(N=C=O)C(=O)O. The highest BCUT2D eigenvalue weighted by atomic mass is 19.3. The van der Waals surface area contributed by atoms with E-state index in [2.05, 4.69) is 4.99 Å². The van der Waals surface area contributed by atoms with E-state index in [0.717, 1.165) is 6.08 Å². The van der Waals surface area contributed by atoms with Gasteiger partial charge in [-0.3, -0.25) is 0 Å². The topological polar surface area (TPSA) is 66.7 Å². The number of alkyl halides is 2. The van der Waals surface area contributed by atoms with Crippen molar-refractivity contribution in [3.63, 3.8) is 0 Å². The fourth-order valence-corrected chi connectivity index (χ4v) is 1.67. The van der Waals surface area contributed by atoms with Gasteiger partial charge in [0, 0.05) is 12.3 Å². The molecule has 0 amide bonds. The molecule has 1 aromatic rings. The fraction of sp³-hybridized carbons (Fsp3) is 0.385. The van der Waals surface area contributed by atoms with Gasteiger partial charge >= 0.3 is 5.97 Å². The molecule has 1 aromatic carbocycles. The number of carbonyl (C=O) groups excluding carboxylic acids is 1. The van der Waals surface area contributed by atoms with Crippen LogP contribution in [0.4, 0.5) is 8.78 Å². The first-order valence-corrected chi connectivity index (χ1v) is 5.61. The molecule has 6 heteroatoms. The number of benzene rings is 1. The van der Waals surface area contributed by atoms with E-state index in [0.29, 0.717) is 5.56 Å². The quantitative estimate of drug-likeness (QED) is 0.637. The van der Waals surface area contributed by atoms with Crippen LogP contribution in [0.3, 0.4) is 0 Å². The van der Waals surface area contributed by atoms with Crippen LogP contribution in [-0.4, -0.2) is 29.1 Å². The number of rotatable bonds is 6. The minimum atomic E-state index is -3.29. The summed E-state index contributed by atoms with van der Waals surface area (Å²) in [5.41, 5.74) is 0.395. The molecule has 0 saturated heterocycles. The average molecular weight is 269 g/mol. The Morgan fingerprint density at radius 1 is 1.42 bits per heavy atom. The molecule has 1 N–H and O–H groups in total. The molecular formula is C13H13F2NO3. The van der Waals surface area contributed by atoms with Crippen molar-refractivity contribution in [3.8, 4) is 0 Å². The number of carboxylic acid groups (broad SMARTS) is 1. The molecule has 0 aromatic heterocycles. The van der Waals surface area contributed by atoms with Gasteiger partial charge in [0.05, 0.1) is 0 Å². The summed E-state index contributed by atoms with van der Waals surface area (Å²) < 4.78 is 28.0. The first kappa shape index (κ1) is 15.0. The highest BCUT2D eigenvalue weighted by Gasteiger charge is 2.41. The summed E-state index contributed by atoms with van der Waals surface area (Å²) >= 11 is 0. The van der Waals surface area contributed by atoms with Crippen LogP contribution in [0, 0.1) is 0 Å². The maximum atomic E-state index is 14.0. The number of carboxylic acids is 1. The molecule has 0 bridgehead atoms. The molecule has 1 rings (SSSR count). The predicted molar refractivity (Wildman–Crippen MR) is 64.0 cm³/mol. The molecule has 0 radical (unpaired) electrons. The zero-order valence-electron chi connectivity index (χ0n) is 10.2. The molecule has 0 aliphatic heterocycles. The number of hydrogen-bond acceptors (Lipinski definition) is 3. The average Bonchev–Trinajstić information content (AvgIpc) is 2.38. The summed E-state index contributed by atoms with van der Waals surface area (Å²) in [5.74, 6) is -6.02. The Morgan fingerprint density at radius 2 is 2.00 bits per heavy atom. The molecule has 0 fully saturated rings. The van der Waals surface area contributed by atoms with E-state index in [1.165, 1.54) is 19.1 Å². The number of aliphatic imine (C=N–C) groups is 1. The Morgan fingerprint density at radius 3 is 2.47 bits per heavy atom. The fourth-order valence-electron chi connectivity index (χ4n) is 1.67. The van der Waals surface area contributed by atoms with E-state index in [4.69, 9.17) is 5.11 Å². The molecule has 0 spiro atoms. The highest BCUT2D eigenvalue weighted by molar-refractivity contribution is 5.74. The molecule has 4 nitrogen and oxygen atoms in total. The molecular weight excluding hydrogens is 256 g/mol. The minimum Gasteiger partial charge on any atom is -0.480 e. The van der Waals surface area contributed by atoms with Gasteiger partial charge in [-0.05, 0) is 5.56 Å². The van der Waals surface area contributed by atoms with E-state index in [9.17, 15) is 18.4 Å². The number of hydrogen-bond donors (Lipinski definition) is 1. The maximum Gasteiger partial charge on any atom is 0.329 e. The van der Waals surface area contributed by atoms with Crippen LogP contribution in [0.2, 0.25) is 0 Å². The van der Waals surface area contributed by atoms with Gasteiger partial charge in [-0.15, -0.1) is 0 Å². The van der Waals surface area contributed by atoms with Gasteiger partial charge < -0.3 is 5.11 Å². The lowest BCUT2D eigenvalue weighted by atomic mass is 9.90. The lowest BCUT2D eigenvalue weighted by Gasteiger charge is -2.25. The van der Waals surface area contributed by atoms with E-state index in [-0.39, 0.29) is 0 Å². The summed E-state index contributed by atoms with van der Waals surface area (Å²) in [5, 5.41) is 8.71. The molecule has 0 aliphatic rings. The van der Waals surface area contributed by atoms with Gasteiger partial charge in [-0.25, -0.2) is 18.4 Å². The summed E-state index contributed by atoms with van der Waals surface area (Å²) in [6.45, 7) is 1.30. The van der Waals surface area contributed by atoms with Gasteiger partial charge in [-0.2, -0.15) is 4.99 Å². The third kappa shape index (κ3) is 3.96. The highest BCUT2D eigenvalue weighted by Crippen LogP contribution is 2.37. The van der Waals surface area contributed by atoms with Gasteiger partial charge in [0.15, 0.2) is 6.04 Å². The third-order valence-electron chi connectivity index (χ3n) is 2.89. The predicted octanol–water partition coefficient (Wildman–Crippen LogP) is 2.60. The smallest absolute Gasteiger partial charge is 0.329 e. The number of halogens is 2. The van der Waals surface area contributed by atoms with E-state index in [1.807, 2.05) is 0 Å². The second kappa shape index (κ2) is 6.20. The van der Waals surface area contributed by atoms with Crippen molar-refractivity contribution in [1.29, 1.82) is 0 Å². The van der Waals surface area contributed by atoms with Crippen molar-refractivity contribution in [2.75, 3.05) is 0 Å². The van der Waals surface area contributed by atoms with Crippen molar-refractivity contribution >= 4 is 12.0 Å². The molecule has 102 valence electrons. The van der Waals surface area contributed by atoms with Crippen LogP contribution >= 0.6 is 0 Å². The summed E-state index contributed by atoms with van der Waals surface area (Å²) in [7, 11) is 0. The van der Waals surface area contributed by atoms with Crippen LogP contribution in [0.5, 0.6) is 0 Å². The lowest BCUT2D eigenvalue weighted by Crippen LogP contribution is -2.32. The number of carbonyl (C=O) groups is 1. The minimum absolute atomic E-state index is 0.395. The molecule has 2 atom stereocenters. The van der Waals surface area contributed by atoms with E-state index >= 15 is 0 Å². The second-order valence-corrected chi connectivity index (χ2v) is 4.17. The van der Waals surface area contributed by atoms with Crippen molar-refractivity contribution in [2.45, 2.75) is 31.2 Å². The maximum absolute atomic E-state index is 14.0. The molecule has 2 unspecified atom stereocenters. The largest absolute Gasteiger partial charge is 0.480 e. The molecule has 0 saturated carbocycles. The number of nitrogens with zero attached hydrogens (tertiary/aromatic N) is 1. The molecule has 19 heavy (non-hydrogen) atoms. The third-order valence-corrected chi connectivity index (χ3v) is 2.89. The Labute approximate surface area is 108 Å². The van der Waals surface area contributed by atoms with Crippen LogP contribution < -0.4 is 0 Å². The van der Waals surface area contributed by atoms with Crippen LogP contribution in [-0.2, 0) is 9.59 Å². The van der Waals surface area contributed by atoms with Crippen molar-refractivity contribution < 1.29 is 23.5 Å². The van der Waals surface area contributed by atoms with Crippen LogP contribution in [0.1, 0.15) is 24.8 Å². The Kier molecular flexibility index (Phi) is 4.89. The van der Waals surface area contributed by atoms with E-state index in [1.54, 1.807) is 18.2 Å². The van der Waals surface area contributed by atoms with E-state index < -0.39 is 30.3 Å². The zero-order chi connectivity index (χ0) is 14.5. The van der Waals surface area contributed by atoms with Gasteiger partial charge in [0.25, 0.3) is 5.92 Å². The first-order valence-electron chi connectivity index (χ1n) is 5.61. The van der Waals surface area contributed by atoms with Gasteiger partial charge in [0.1, 0.15) is 0 Å². The van der Waals surface area contributed by atoms with Crippen molar-refractivity contribution in [3.05, 3.63) is 35.9 Å². The second-order valence-electron chi connectivity index (χ2n) is 4.17. The molecule has 0 aliphatic carbocycles. The van der Waals surface area contributed by atoms with Gasteiger partial charge in [-0.1, -0.05) is 37.3 Å². The monoisotopic (exact) mass is 269 g/mol. The molecule has 0 heterocycles. The Balaban J connectivity index is 2.91.